The van der Waals surface area contributed by atoms with Crippen LogP contribution >= 0.6 is 63.7 Å². The number of azide groups is 3. The number of rotatable bonds is 22. The molecule has 788 valence electrons. The molecule has 0 bridgehead atoms. The maximum Gasteiger partial charge on any atom is 1.00 e. The number of hydrogen-bond acceptors (Lipinski definition) is 36. The van der Waals surface area contributed by atoms with E-state index in [1.54, 1.807) is 66.7 Å². The molecule has 6 aromatic carbocycles. The molecule has 0 unspecified atom stereocenters. The summed E-state index contributed by atoms with van der Waals surface area (Å²) in [7, 11) is 5.26. The fourth-order valence-corrected chi connectivity index (χ4v) is 13.9. The van der Waals surface area contributed by atoms with Gasteiger partial charge in [-0.15, -0.1) is 0 Å². The molecule has 3 fully saturated rings. The minimum Gasteiger partial charge on any atom is -0.508 e. The molecular formula is C89H110B5Br4N16NaO33. The molecule has 10 aromatic rings. The van der Waals surface area contributed by atoms with Crippen LogP contribution < -0.4 is 45.9 Å². The van der Waals surface area contributed by atoms with Gasteiger partial charge in [-0.25, -0.2) is 24.0 Å². The molecule has 3 aliphatic heterocycles. The van der Waals surface area contributed by atoms with Crippen molar-refractivity contribution < 1.29 is 189 Å². The number of aromatic nitrogens is 4. The van der Waals surface area contributed by atoms with Crippen LogP contribution in [-0.2, 0) is 118 Å². The number of carbonyl (C=O) groups excluding carboxylic acids is 9. The van der Waals surface area contributed by atoms with E-state index in [-0.39, 0.29) is 143 Å². The van der Waals surface area contributed by atoms with E-state index < -0.39 is 88.4 Å². The van der Waals surface area contributed by atoms with E-state index >= 15 is 0 Å². The van der Waals surface area contributed by atoms with E-state index in [0.29, 0.717) is 59.9 Å². The quantitative estimate of drug-likeness (QED) is 0.00347. The maximum atomic E-state index is 11.7. The number of aromatic hydroxyl groups is 1. The smallest absolute Gasteiger partial charge is 0.508 e. The van der Waals surface area contributed by atoms with E-state index in [0.717, 1.165) is 59.2 Å². The van der Waals surface area contributed by atoms with Crippen molar-refractivity contribution in [3.05, 3.63) is 237 Å². The van der Waals surface area contributed by atoms with Crippen LogP contribution in [0.2, 0.25) is 0 Å². The third kappa shape index (κ3) is 38.7. The van der Waals surface area contributed by atoms with Gasteiger partial charge in [0.25, 0.3) is 0 Å². The first kappa shape index (κ1) is 132. The summed E-state index contributed by atoms with van der Waals surface area (Å²) in [4.78, 5) is 118. The van der Waals surface area contributed by atoms with Crippen molar-refractivity contribution in [3.8, 4) is 5.75 Å². The second-order valence-corrected chi connectivity index (χ2v) is 36.3. The molecule has 3 aliphatic rings. The summed E-state index contributed by atoms with van der Waals surface area (Å²) in [6.45, 7) is 23.0. The SMILES string of the molecule is CC1(C)OB(B2OC(C)(C)C(C)(C)O2)OC1(C)C.COC(=O)/C(=C/c1ccc(CO)c(Br)c1)N=[N+]=[N-].COC(=O)CBr.COC(=O)CN=[N+]=[N-].COC(=O)CN=[N+]=[N-].COC(=O)c1cc2cc(B(O)O)c(CO)cc2[nH]1.COC(=O)c1cc2cc(B(O)O)c(O)cc2[nH]1.COC(=O)c1cc2cc(B3OC(C)(C)C(C)(C)O3)c(CO)cc2[nH]1.COC(=O)c1cc2cc(Br)c(CO)cc2[nH]1.O=Cc1ccc(CO)c(Br)c1.[N-]=[N+]=[N-].[Na+]. The van der Waals surface area contributed by atoms with E-state index in [1.807, 2.05) is 101 Å². The van der Waals surface area contributed by atoms with Gasteiger partial charge in [0.15, 0.2) is 0 Å². The molecule has 59 heteroatoms. The number of aromatic amines is 4. The summed E-state index contributed by atoms with van der Waals surface area (Å²) in [5.41, 5.74) is 44.2. The molecule has 0 amide bonds. The number of aliphatic hydroxyl groups excluding tert-OH is 5. The molecule has 7 heterocycles. The number of halogens is 4. The second kappa shape index (κ2) is 62.7. The number of ether oxygens (including phenoxy) is 8. The molecule has 148 heavy (non-hydrogen) atoms. The molecule has 13 rings (SSSR count). The number of nitrogens with one attached hydrogen (secondary N) is 4. The van der Waals surface area contributed by atoms with Crippen LogP contribution in [0.3, 0.4) is 0 Å². The first-order chi connectivity index (χ1) is 69.0. The average Bonchev–Trinajstić information content (AvgIpc) is 1.59. The molecule has 0 aliphatic carbocycles. The Hall–Kier alpha value is -11.7. The number of carbonyl (C=O) groups is 9. The number of phenolic OH excluding ortho intramolecular Hbond substituents is 1. The van der Waals surface area contributed by atoms with Gasteiger partial charge in [-0.1, -0.05) is 115 Å². The summed E-state index contributed by atoms with van der Waals surface area (Å²) in [5.74, 6) is -4.15. The number of H-pyrrole nitrogens is 4. The Morgan fingerprint density at radius 1 is 0.405 bits per heavy atom. The Morgan fingerprint density at radius 2 is 0.723 bits per heavy atom. The molecule has 0 saturated carbocycles. The van der Waals surface area contributed by atoms with Crippen LogP contribution in [0.15, 0.2) is 144 Å². The summed E-state index contributed by atoms with van der Waals surface area (Å²) in [5, 5.41) is 104. The van der Waals surface area contributed by atoms with Gasteiger partial charge >= 0.3 is 113 Å². The minimum absolute atomic E-state index is 0. The third-order valence-electron chi connectivity index (χ3n) is 22.1. The zero-order chi connectivity index (χ0) is 112. The van der Waals surface area contributed by atoms with Crippen LogP contribution in [0.5, 0.6) is 5.75 Å². The van der Waals surface area contributed by atoms with Crippen LogP contribution in [-0.4, -0.2) is 269 Å². The van der Waals surface area contributed by atoms with Gasteiger partial charge in [0, 0.05) is 78.1 Å². The van der Waals surface area contributed by atoms with Crippen LogP contribution in [0.25, 0.3) is 97.0 Å². The number of aliphatic hydroxyl groups is 5. The van der Waals surface area contributed by atoms with Gasteiger partial charge in [-0.05, 0) is 228 Å². The van der Waals surface area contributed by atoms with Crippen molar-refractivity contribution in [2.45, 2.75) is 150 Å². The van der Waals surface area contributed by atoms with Crippen molar-refractivity contribution in [2.75, 3.05) is 75.3 Å². The standard InChI is InChI=1S/C17H22BNO5.C12H24B2O4.C11H12BNO5.C11H10BrN3O3.C11H10BrNO3.C10H10BNO5.C8H7BrO2.C3H5BrO2.2C3H5N3O2.N3.Na/c1-16(2)17(3,4)24-18(23-16)12-6-10-7-14(15(21)22-5)19-13(10)8-11(12)9-20;1-9(2)10(3,4)16-13(15-9)14-17-11(5,6)12(7,8)18-14;1-18-11(15)10-3-6-2-8(12(16)17)7(5-14)4-9(6)13-10;1-18-11(17)10(14-15-13)5-7-2-3-8(6-16)9(12)4-7;1-16-11(15)10-3-6-2-8(12)7(5-14)4-9(6)13-10;1-17-10(14)8-3-5-2-6(11(15)16)9(13)4-7(5)12-8;9-8-3-6(4-10)1-2-7(8)5-11;1-6-3(5)2-4;2*1-8-3(7)2-5-6-4;1-3-2;/h6-8,19-20H,9H2,1-5H3;1-8H3;2-4,13-14,16-17H,5H2,1H3;2-5,16H,6H2,1H3;2-4,13-14H,5H2,1H3;2-4,12-13,15-16H,1H3;1-4,11H,5H2;2H2,1H3;2*2H2,1H3;;/q;;;;;;;;;;-1;+1/b;;;10-5-;;;;;;;;. The molecule has 14 N–H and O–H groups in total. The Bertz CT molecular complexity index is 6340. The molecule has 0 spiro atoms. The molecule has 4 aromatic heterocycles. The van der Waals surface area contributed by atoms with Crippen molar-refractivity contribution in [2.24, 2.45) is 15.3 Å². The Balaban J connectivity index is 0.000000564. The summed E-state index contributed by atoms with van der Waals surface area (Å²) < 4.78 is 73.8. The molecular weight excluding hydrogens is 2220 g/mol. The normalized spacial score (nSPS) is 13.8. The average molecular weight is 2330 g/mol. The Kier molecular flexibility index (Phi) is 56.1. The fourth-order valence-electron chi connectivity index (χ4n) is 12.1. The summed E-state index contributed by atoms with van der Waals surface area (Å²) >= 11 is 12.8. The van der Waals surface area contributed by atoms with E-state index in [2.05, 4.69) is 147 Å². The number of alkyl halides is 1. The van der Waals surface area contributed by atoms with Crippen LogP contribution in [0.1, 0.15) is 169 Å². The number of phenols is 1. The Morgan fingerprint density at radius 3 is 1.03 bits per heavy atom. The zero-order valence-electron chi connectivity index (χ0n) is 84.3. The fraction of sp³-hybridized carbons (Fsp3) is 0.382. The number of nitrogens with zero attached hydrogens (tertiary/aromatic N) is 12. The third-order valence-corrected chi connectivity index (χ3v) is 24.7. The summed E-state index contributed by atoms with van der Waals surface area (Å²) in [6.07, 6.45) is 2.17. The minimum atomic E-state index is -1.77. The molecule has 0 radical (unpaired) electrons. The van der Waals surface area contributed by atoms with Gasteiger partial charge in [0.2, 0.25) is 0 Å². The zero-order valence-corrected chi connectivity index (χ0v) is 92.7. The van der Waals surface area contributed by atoms with Crippen LogP contribution in [0, 0.1) is 0 Å². The largest absolute Gasteiger partial charge is 1.00 e. The number of aldehydes is 1. The van der Waals surface area contributed by atoms with Crippen molar-refractivity contribution >= 4 is 219 Å². The second-order valence-electron chi connectivity index (χ2n) is 33.1. The monoisotopic (exact) mass is 2320 g/mol. The Labute approximate surface area is 905 Å². The maximum absolute atomic E-state index is 11.7. The predicted octanol–water partition coefficient (Wildman–Crippen LogP) is 8.55. The number of fused-ring (bicyclic) bond motifs is 4. The number of benzene rings is 6. The number of methoxy groups -OCH3 is 8. The molecule has 49 nitrogen and oxygen atoms in total. The van der Waals surface area contributed by atoms with Gasteiger partial charge in [-0.3, -0.25) is 24.1 Å². The van der Waals surface area contributed by atoms with Crippen LogP contribution in [0.4, 0.5) is 0 Å². The van der Waals surface area contributed by atoms with Crippen molar-refractivity contribution in [1.82, 2.24) is 19.9 Å². The van der Waals surface area contributed by atoms with Crippen molar-refractivity contribution in [3.63, 3.8) is 0 Å². The van der Waals surface area contributed by atoms with E-state index in [9.17, 15) is 63.4 Å². The molecule has 0 atom stereocenters. The first-order valence-electron chi connectivity index (χ1n) is 42.8. The molecule has 3 saturated heterocycles. The number of hydrogen-bond donors (Lipinski definition) is 14. The van der Waals surface area contributed by atoms with Gasteiger partial charge < -0.3 is 148 Å². The van der Waals surface area contributed by atoms with Gasteiger partial charge in [0.05, 0.1) is 124 Å². The van der Waals surface area contributed by atoms with Crippen molar-refractivity contribution in [1.29, 1.82) is 0 Å². The van der Waals surface area contributed by atoms with Gasteiger partial charge in [-0.2, -0.15) is 0 Å². The first-order valence-corrected chi connectivity index (χ1v) is 46.3. The predicted molar refractivity (Wildman–Crippen MR) is 556 cm³/mol. The summed E-state index contributed by atoms with van der Waals surface area (Å²) in [6, 6.07) is 29.7. The van der Waals surface area contributed by atoms with E-state index in [4.69, 9.17) is 90.8 Å². The number of esters is 8. The van der Waals surface area contributed by atoms with E-state index in [1.165, 1.54) is 92.1 Å². The topological polar surface area (TPSA) is 753 Å². The van der Waals surface area contributed by atoms with Gasteiger partial charge in [0.1, 0.15) is 58.9 Å².